The second kappa shape index (κ2) is 9.34. The van der Waals surface area contributed by atoms with E-state index in [9.17, 15) is 13.2 Å². The summed E-state index contributed by atoms with van der Waals surface area (Å²) >= 11 is 11.9. The molecular formula is C20H22Cl2N2O4S. The van der Waals surface area contributed by atoms with Gasteiger partial charge in [0.25, 0.3) is 5.91 Å². The Kier molecular flexibility index (Phi) is 7.05. The number of benzene rings is 2. The first-order chi connectivity index (χ1) is 13.8. The molecule has 1 fully saturated rings. The first-order valence-corrected chi connectivity index (χ1v) is 11.5. The van der Waals surface area contributed by atoms with Crippen LogP contribution in [-0.2, 0) is 14.8 Å². The molecule has 0 aliphatic carbocycles. The van der Waals surface area contributed by atoms with Crippen LogP contribution in [0.5, 0.6) is 5.75 Å². The Morgan fingerprint density at radius 2 is 1.83 bits per heavy atom. The third kappa shape index (κ3) is 5.42. The van der Waals surface area contributed by atoms with Crippen LogP contribution >= 0.6 is 23.2 Å². The first kappa shape index (κ1) is 21.9. The molecule has 29 heavy (non-hydrogen) atoms. The van der Waals surface area contributed by atoms with E-state index in [1.165, 1.54) is 16.4 Å². The van der Waals surface area contributed by atoms with E-state index in [1.54, 1.807) is 31.2 Å². The maximum absolute atomic E-state index is 12.9. The van der Waals surface area contributed by atoms with Crippen LogP contribution in [0.25, 0.3) is 0 Å². The molecule has 1 amide bonds. The number of hydrogen-bond donors (Lipinski definition) is 1. The molecule has 0 radical (unpaired) electrons. The molecule has 2 aromatic rings. The highest BCUT2D eigenvalue weighted by Gasteiger charge is 2.26. The van der Waals surface area contributed by atoms with Crippen molar-refractivity contribution in [2.45, 2.75) is 31.1 Å². The van der Waals surface area contributed by atoms with Gasteiger partial charge in [-0.3, -0.25) is 4.79 Å². The summed E-state index contributed by atoms with van der Waals surface area (Å²) in [7, 11) is -3.58. The summed E-state index contributed by atoms with van der Waals surface area (Å²) in [6.07, 6.45) is 2.76. The Balaban J connectivity index is 1.71. The van der Waals surface area contributed by atoms with Gasteiger partial charge in [0.15, 0.2) is 6.61 Å². The van der Waals surface area contributed by atoms with E-state index in [2.05, 4.69) is 5.32 Å². The monoisotopic (exact) mass is 456 g/mol. The van der Waals surface area contributed by atoms with Crippen LogP contribution < -0.4 is 10.1 Å². The van der Waals surface area contributed by atoms with Crippen molar-refractivity contribution < 1.29 is 17.9 Å². The largest absolute Gasteiger partial charge is 0.482 e. The number of halogens is 2. The molecule has 9 heteroatoms. The lowest BCUT2D eigenvalue weighted by atomic mass is 10.2. The van der Waals surface area contributed by atoms with Gasteiger partial charge in [-0.1, -0.05) is 35.7 Å². The standard InChI is InChI=1S/C20H22Cl2N2O4S/c1-14-5-7-16(29(26,27)24-9-3-2-4-10-24)12-18(14)23-20(25)13-28-19-11-15(21)6-8-17(19)22/h5-8,11-12H,2-4,9-10,13H2,1H3,(H,23,25). The third-order valence-corrected chi connectivity index (χ3v) is 7.13. The number of amides is 1. The molecule has 3 rings (SSSR count). The minimum absolute atomic E-state index is 0.166. The molecule has 6 nitrogen and oxygen atoms in total. The van der Waals surface area contributed by atoms with Crippen LogP contribution in [0.2, 0.25) is 10.0 Å². The van der Waals surface area contributed by atoms with Gasteiger partial charge in [0.05, 0.1) is 9.92 Å². The SMILES string of the molecule is Cc1ccc(S(=O)(=O)N2CCCCC2)cc1NC(=O)COc1cc(Cl)ccc1Cl. The molecule has 0 spiro atoms. The highest BCUT2D eigenvalue weighted by atomic mass is 35.5. The zero-order valence-corrected chi connectivity index (χ0v) is 18.3. The predicted octanol–water partition coefficient (Wildman–Crippen LogP) is 4.49. The van der Waals surface area contributed by atoms with Crippen LogP contribution in [0, 0.1) is 6.92 Å². The fraction of sp³-hybridized carbons (Fsp3) is 0.350. The Labute approximate surface area is 180 Å². The predicted molar refractivity (Wildman–Crippen MR) is 114 cm³/mol. The lowest BCUT2D eigenvalue weighted by molar-refractivity contribution is -0.118. The molecule has 0 aromatic heterocycles. The molecule has 1 aliphatic heterocycles. The van der Waals surface area contributed by atoms with Gasteiger partial charge in [-0.05, 0) is 49.6 Å². The quantitative estimate of drug-likeness (QED) is 0.694. The van der Waals surface area contributed by atoms with Crippen LogP contribution in [-0.4, -0.2) is 38.3 Å². The average molecular weight is 457 g/mol. The maximum Gasteiger partial charge on any atom is 0.262 e. The van der Waals surface area contributed by atoms with Crippen LogP contribution in [0.1, 0.15) is 24.8 Å². The van der Waals surface area contributed by atoms with Gasteiger partial charge in [0.2, 0.25) is 10.0 Å². The summed E-state index contributed by atoms with van der Waals surface area (Å²) in [6.45, 7) is 2.54. The Morgan fingerprint density at radius 3 is 2.55 bits per heavy atom. The molecule has 1 heterocycles. The minimum Gasteiger partial charge on any atom is -0.482 e. The molecule has 156 valence electrons. The molecule has 0 bridgehead atoms. The van der Waals surface area contributed by atoms with Crippen molar-refractivity contribution in [3.05, 3.63) is 52.0 Å². The van der Waals surface area contributed by atoms with Crippen molar-refractivity contribution in [1.82, 2.24) is 4.31 Å². The summed E-state index contributed by atoms with van der Waals surface area (Å²) in [6, 6.07) is 9.46. The number of anilines is 1. The van der Waals surface area contributed by atoms with Crippen molar-refractivity contribution in [3.63, 3.8) is 0 Å². The van der Waals surface area contributed by atoms with E-state index >= 15 is 0 Å². The van der Waals surface area contributed by atoms with Gasteiger partial charge in [-0.15, -0.1) is 0 Å². The van der Waals surface area contributed by atoms with E-state index in [-0.39, 0.29) is 11.5 Å². The summed E-state index contributed by atoms with van der Waals surface area (Å²) < 4.78 is 32.7. The second-order valence-electron chi connectivity index (χ2n) is 6.85. The first-order valence-electron chi connectivity index (χ1n) is 9.26. The Morgan fingerprint density at radius 1 is 1.10 bits per heavy atom. The lowest BCUT2D eigenvalue weighted by Gasteiger charge is -2.26. The minimum atomic E-state index is -3.58. The fourth-order valence-corrected chi connectivity index (χ4v) is 4.95. The second-order valence-corrected chi connectivity index (χ2v) is 9.63. The molecule has 0 saturated carbocycles. The zero-order valence-electron chi connectivity index (χ0n) is 16.0. The average Bonchev–Trinajstić information content (AvgIpc) is 2.71. The van der Waals surface area contributed by atoms with Crippen molar-refractivity contribution in [1.29, 1.82) is 0 Å². The van der Waals surface area contributed by atoms with Crippen LogP contribution in [0.3, 0.4) is 0 Å². The number of hydrogen-bond acceptors (Lipinski definition) is 4. The van der Waals surface area contributed by atoms with E-state index in [0.717, 1.165) is 24.8 Å². The highest BCUT2D eigenvalue weighted by molar-refractivity contribution is 7.89. The fourth-order valence-electron chi connectivity index (χ4n) is 3.07. The van der Waals surface area contributed by atoms with Gasteiger partial charge >= 0.3 is 0 Å². The van der Waals surface area contributed by atoms with Gasteiger partial charge in [-0.25, -0.2) is 8.42 Å². The number of aryl methyl sites for hydroxylation is 1. The van der Waals surface area contributed by atoms with E-state index in [4.69, 9.17) is 27.9 Å². The number of rotatable bonds is 6. The number of ether oxygens (including phenoxy) is 1. The van der Waals surface area contributed by atoms with Gasteiger partial charge in [0, 0.05) is 29.9 Å². The topological polar surface area (TPSA) is 75.7 Å². The number of piperidine rings is 1. The molecule has 0 atom stereocenters. The summed E-state index contributed by atoms with van der Waals surface area (Å²) in [5.74, 6) is -0.135. The molecule has 1 aliphatic rings. The summed E-state index contributed by atoms with van der Waals surface area (Å²) in [5, 5.41) is 3.49. The van der Waals surface area contributed by atoms with E-state index < -0.39 is 15.9 Å². The molecule has 1 saturated heterocycles. The normalized spacial score (nSPS) is 15.1. The maximum atomic E-state index is 12.9. The smallest absolute Gasteiger partial charge is 0.262 e. The molecular weight excluding hydrogens is 435 g/mol. The Bertz CT molecular complexity index is 1010. The van der Waals surface area contributed by atoms with Gasteiger partial charge in [-0.2, -0.15) is 4.31 Å². The molecule has 2 aromatic carbocycles. The van der Waals surface area contributed by atoms with Gasteiger partial charge in [0.1, 0.15) is 5.75 Å². The lowest BCUT2D eigenvalue weighted by Crippen LogP contribution is -2.35. The molecule has 1 N–H and O–H groups in total. The number of sulfonamides is 1. The van der Waals surface area contributed by atoms with Crippen LogP contribution in [0.4, 0.5) is 5.69 Å². The highest BCUT2D eigenvalue weighted by Crippen LogP contribution is 2.28. The Hall–Kier alpha value is -1.80. The van der Waals surface area contributed by atoms with Crippen molar-refractivity contribution in [2.75, 3.05) is 25.0 Å². The number of nitrogens with one attached hydrogen (secondary N) is 1. The number of carbonyl (C=O) groups excluding carboxylic acids is 1. The van der Waals surface area contributed by atoms with Gasteiger partial charge < -0.3 is 10.1 Å². The van der Waals surface area contributed by atoms with Crippen molar-refractivity contribution >= 4 is 44.8 Å². The van der Waals surface area contributed by atoms with E-state index in [0.29, 0.717) is 34.6 Å². The number of nitrogens with zero attached hydrogens (tertiary/aromatic N) is 1. The van der Waals surface area contributed by atoms with Crippen molar-refractivity contribution in [3.8, 4) is 5.75 Å². The van der Waals surface area contributed by atoms with E-state index in [1.807, 2.05) is 0 Å². The summed E-state index contributed by atoms with van der Waals surface area (Å²) in [4.78, 5) is 12.5. The summed E-state index contributed by atoms with van der Waals surface area (Å²) in [5.41, 5.74) is 1.17. The molecule has 0 unspecified atom stereocenters. The zero-order chi connectivity index (χ0) is 21.0. The number of carbonyl (C=O) groups is 1. The van der Waals surface area contributed by atoms with Crippen molar-refractivity contribution in [2.24, 2.45) is 0 Å². The van der Waals surface area contributed by atoms with Crippen LogP contribution in [0.15, 0.2) is 41.3 Å². The third-order valence-electron chi connectivity index (χ3n) is 4.69.